The molecule has 3 aromatic rings. The predicted octanol–water partition coefficient (Wildman–Crippen LogP) is 5.43. The van der Waals surface area contributed by atoms with Crippen LogP contribution in [-0.4, -0.2) is 24.1 Å². The first kappa shape index (κ1) is 24.4. The third kappa shape index (κ3) is 4.12. The molecule has 4 heteroatoms. The van der Waals surface area contributed by atoms with Crippen molar-refractivity contribution < 1.29 is 19.1 Å². The molecule has 198 valence electrons. The summed E-state index contributed by atoms with van der Waals surface area (Å²) >= 11 is 0. The molecule has 8 atom stereocenters. The van der Waals surface area contributed by atoms with Crippen molar-refractivity contribution in [2.75, 3.05) is 0 Å². The van der Waals surface area contributed by atoms with Crippen LogP contribution in [0.5, 0.6) is 0 Å². The summed E-state index contributed by atoms with van der Waals surface area (Å²) in [5, 5.41) is 3.98. The number of carbonyl (C=O) groups is 2. The van der Waals surface area contributed by atoms with Crippen LogP contribution in [0, 0.1) is 35.5 Å². The van der Waals surface area contributed by atoms with Gasteiger partial charge >= 0.3 is 11.9 Å². The lowest BCUT2D eigenvalue weighted by Crippen LogP contribution is -2.48. The molecule has 4 fully saturated rings. The van der Waals surface area contributed by atoms with Crippen LogP contribution in [0.2, 0.25) is 0 Å². The Kier molecular flexibility index (Phi) is 5.95. The Morgan fingerprint density at radius 2 is 1.49 bits per heavy atom. The third-order valence-electron chi connectivity index (χ3n) is 10.1. The molecule has 4 bridgehead atoms. The van der Waals surface area contributed by atoms with Gasteiger partial charge in [0, 0.05) is 17.4 Å². The lowest BCUT2D eigenvalue weighted by atomic mass is 9.69. The normalized spacial score (nSPS) is 32.9. The van der Waals surface area contributed by atoms with E-state index in [-0.39, 0.29) is 23.8 Å². The summed E-state index contributed by atoms with van der Waals surface area (Å²) in [7, 11) is 0. The maximum absolute atomic E-state index is 13.4. The van der Waals surface area contributed by atoms with Crippen LogP contribution in [0.3, 0.4) is 0 Å². The molecule has 0 aromatic heterocycles. The Bertz CT molecular complexity index is 1600. The molecule has 7 rings (SSSR count). The molecule has 0 amide bonds. The van der Waals surface area contributed by atoms with E-state index < -0.39 is 12.2 Å². The van der Waals surface area contributed by atoms with Crippen molar-refractivity contribution >= 4 is 35.4 Å². The summed E-state index contributed by atoms with van der Waals surface area (Å²) in [5.74, 6) is 2.52. The van der Waals surface area contributed by atoms with E-state index in [0.29, 0.717) is 23.0 Å². The van der Waals surface area contributed by atoms with E-state index in [9.17, 15) is 9.59 Å². The van der Waals surface area contributed by atoms with Crippen LogP contribution in [-0.2, 0) is 14.3 Å². The molecule has 8 unspecified atom stereocenters. The van der Waals surface area contributed by atoms with E-state index in [0.717, 1.165) is 39.5 Å². The molecule has 0 heterocycles. The van der Waals surface area contributed by atoms with E-state index >= 15 is 0 Å². The summed E-state index contributed by atoms with van der Waals surface area (Å²) < 4.78 is 12.5. The second-order valence-electron chi connectivity index (χ2n) is 12.1. The second-order valence-corrected chi connectivity index (χ2v) is 12.1. The average Bonchev–Trinajstić information content (AvgIpc) is 3.73. The maximum atomic E-state index is 13.4. The van der Waals surface area contributed by atoms with Crippen molar-refractivity contribution in [3.8, 4) is 0 Å². The fraction of sp³-hybridized carbons (Fsp3) is 0.371. The third-order valence-corrected chi connectivity index (χ3v) is 10.1. The summed E-state index contributed by atoms with van der Waals surface area (Å²) in [4.78, 5) is 26.8. The number of hydrogen-bond donors (Lipinski definition) is 0. The van der Waals surface area contributed by atoms with Crippen LogP contribution < -0.4 is 10.4 Å². The molecule has 0 saturated heterocycles. The van der Waals surface area contributed by atoms with Crippen LogP contribution in [0.1, 0.15) is 43.0 Å². The van der Waals surface area contributed by atoms with Gasteiger partial charge in [-0.1, -0.05) is 73.3 Å². The Balaban J connectivity index is 1.15. The highest BCUT2D eigenvalue weighted by Crippen LogP contribution is 2.68. The smallest absolute Gasteiger partial charge is 0.338 e. The van der Waals surface area contributed by atoms with Crippen molar-refractivity contribution in [2.24, 2.45) is 35.5 Å². The van der Waals surface area contributed by atoms with Crippen molar-refractivity contribution in [1.29, 1.82) is 0 Å². The van der Waals surface area contributed by atoms with Crippen molar-refractivity contribution in [1.82, 2.24) is 0 Å². The average molecular weight is 519 g/mol. The lowest BCUT2D eigenvalue weighted by Gasteiger charge is -2.42. The fourth-order valence-corrected chi connectivity index (χ4v) is 8.49. The van der Waals surface area contributed by atoms with Gasteiger partial charge in [-0.2, -0.15) is 0 Å². The quantitative estimate of drug-likeness (QED) is 0.257. The number of allylic oxidation sites excluding steroid dienone is 1. The van der Waals surface area contributed by atoms with Gasteiger partial charge in [-0.3, -0.25) is 0 Å². The molecule has 3 aromatic carbocycles. The number of hydrogen-bond acceptors (Lipinski definition) is 4. The lowest BCUT2D eigenvalue weighted by molar-refractivity contribution is -0.160. The van der Waals surface area contributed by atoms with Crippen LogP contribution in [0.25, 0.3) is 23.4 Å². The summed E-state index contributed by atoms with van der Waals surface area (Å²) in [6, 6.07) is 21.5. The molecule has 4 aliphatic carbocycles. The summed E-state index contributed by atoms with van der Waals surface area (Å²) in [6.45, 7) is 5.84. The SMILES string of the molecule is C=c1cccc/c1=C/C=C(\C)C(=O)OC1C2CC(C1OC(=O)c1ccc3ccccc3c1)C1C3CCC(C3)C21. The monoisotopic (exact) mass is 518 g/mol. The molecule has 0 spiro atoms. The van der Waals surface area contributed by atoms with Gasteiger partial charge in [-0.05, 0) is 89.6 Å². The minimum atomic E-state index is -0.393. The van der Waals surface area contributed by atoms with Gasteiger partial charge in [0.15, 0.2) is 0 Å². The number of esters is 2. The zero-order chi connectivity index (χ0) is 26.7. The molecule has 0 radical (unpaired) electrons. The summed E-state index contributed by atoms with van der Waals surface area (Å²) in [5.41, 5.74) is 1.08. The van der Waals surface area contributed by atoms with Gasteiger partial charge in [-0.25, -0.2) is 9.59 Å². The Morgan fingerprint density at radius 1 is 0.821 bits per heavy atom. The molecular weight excluding hydrogens is 484 g/mol. The first-order valence-electron chi connectivity index (χ1n) is 14.3. The standard InChI is InChI=1S/C35H34O4/c1-20-7-3-4-8-22(20)12-11-21(2)34(36)38-32-28-19-29(31-26-15-14-25(18-26)30(28)31)33(32)39-35(37)27-16-13-23-9-5-6-10-24(23)17-27/h3-13,16-17,25-26,28-33H,1,14-15,18-19H2,2H3/b21-11+,22-12-. The second kappa shape index (κ2) is 9.51. The number of rotatable bonds is 5. The van der Waals surface area contributed by atoms with Crippen LogP contribution in [0.4, 0.5) is 0 Å². The Hall–Kier alpha value is -3.66. The van der Waals surface area contributed by atoms with E-state index in [1.54, 1.807) is 13.0 Å². The van der Waals surface area contributed by atoms with Crippen LogP contribution in [0.15, 0.2) is 78.4 Å². The first-order valence-corrected chi connectivity index (χ1v) is 14.3. The largest absolute Gasteiger partial charge is 0.455 e. The predicted molar refractivity (Wildman–Crippen MR) is 152 cm³/mol. The molecule has 4 saturated carbocycles. The summed E-state index contributed by atoms with van der Waals surface area (Å²) in [6.07, 6.45) is 7.77. The minimum absolute atomic E-state index is 0.269. The zero-order valence-electron chi connectivity index (χ0n) is 22.3. The topological polar surface area (TPSA) is 52.6 Å². The van der Waals surface area contributed by atoms with Crippen molar-refractivity contribution in [2.45, 2.75) is 44.8 Å². The number of carbonyl (C=O) groups excluding carboxylic acids is 2. The van der Waals surface area contributed by atoms with E-state index in [2.05, 4.69) is 6.58 Å². The number of fused-ring (bicyclic) bond motifs is 10. The minimum Gasteiger partial charge on any atom is -0.455 e. The maximum Gasteiger partial charge on any atom is 0.338 e. The zero-order valence-corrected chi connectivity index (χ0v) is 22.3. The first-order chi connectivity index (χ1) is 19.0. The highest BCUT2D eigenvalue weighted by atomic mass is 16.6. The van der Waals surface area contributed by atoms with Gasteiger partial charge in [0.1, 0.15) is 12.2 Å². The van der Waals surface area contributed by atoms with Gasteiger partial charge in [-0.15, -0.1) is 0 Å². The van der Waals surface area contributed by atoms with Crippen molar-refractivity contribution in [3.05, 3.63) is 94.4 Å². The number of ether oxygens (including phenoxy) is 2. The van der Waals surface area contributed by atoms with E-state index in [1.165, 1.54) is 19.3 Å². The van der Waals surface area contributed by atoms with Gasteiger partial charge in [0.2, 0.25) is 0 Å². The highest BCUT2D eigenvalue weighted by molar-refractivity contribution is 5.95. The number of benzene rings is 3. The molecule has 4 aliphatic rings. The Morgan fingerprint density at radius 3 is 2.23 bits per heavy atom. The fourth-order valence-electron chi connectivity index (χ4n) is 8.49. The van der Waals surface area contributed by atoms with Crippen LogP contribution >= 0.6 is 0 Å². The Labute approximate surface area is 229 Å². The molecular formula is C35H34O4. The molecule has 0 aliphatic heterocycles. The molecule has 0 N–H and O–H groups in total. The van der Waals surface area contributed by atoms with Gasteiger partial charge in [0.05, 0.1) is 5.56 Å². The van der Waals surface area contributed by atoms with Gasteiger partial charge in [0.25, 0.3) is 0 Å². The van der Waals surface area contributed by atoms with E-state index in [1.807, 2.05) is 72.8 Å². The van der Waals surface area contributed by atoms with E-state index in [4.69, 9.17) is 9.47 Å². The van der Waals surface area contributed by atoms with Gasteiger partial charge < -0.3 is 9.47 Å². The molecule has 39 heavy (non-hydrogen) atoms. The highest BCUT2D eigenvalue weighted by Gasteiger charge is 2.68. The van der Waals surface area contributed by atoms with Crippen molar-refractivity contribution in [3.63, 3.8) is 0 Å². The molecule has 4 nitrogen and oxygen atoms in total.